The molecule has 3 amide bonds. The zero-order valence-corrected chi connectivity index (χ0v) is 20.9. The first-order valence-corrected chi connectivity index (χ1v) is 12.8. The van der Waals surface area contributed by atoms with E-state index in [1.165, 1.54) is 11.1 Å². The van der Waals surface area contributed by atoms with Gasteiger partial charge in [0.25, 0.3) is 5.91 Å². The average Bonchev–Trinajstić information content (AvgIpc) is 2.90. The monoisotopic (exact) mass is 491 g/mol. The van der Waals surface area contributed by atoms with Crippen LogP contribution in [0.4, 0.5) is 5.69 Å². The molecule has 3 atom stereocenters. The van der Waals surface area contributed by atoms with Gasteiger partial charge in [0.2, 0.25) is 11.8 Å². The van der Waals surface area contributed by atoms with Gasteiger partial charge in [-0.05, 0) is 48.6 Å². The van der Waals surface area contributed by atoms with Gasteiger partial charge < -0.3 is 24.6 Å². The molecular weight excluding hydrogens is 458 g/mol. The van der Waals surface area contributed by atoms with Crippen LogP contribution in [0.15, 0.2) is 42.5 Å². The molecule has 190 valence electrons. The molecule has 0 bridgehead atoms. The summed E-state index contributed by atoms with van der Waals surface area (Å²) in [5.74, 6) is 0.291. The van der Waals surface area contributed by atoms with E-state index in [0.29, 0.717) is 42.8 Å². The Labute approximate surface area is 211 Å². The minimum Gasteiger partial charge on any atom is -0.490 e. The Balaban J connectivity index is 1.24. The molecule has 36 heavy (non-hydrogen) atoms. The zero-order valence-electron chi connectivity index (χ0n) is 20.9. The molecule has 2 aromatic carbocycles. The minimum atomic E-state index is -0.319. The van der Waals surface area contributed by atoms with Crippen molar-refractivity contribution in [2.24, 2.45) is 0 Å². The number of rotatable bonds is 4. The highest BCUT2D eigenvalue weighted by atomic mass is 16.5. The second-order valence-electron chi connectivity index (χ2n) is 9.82. The van der Waals surface area contributed by atoms with Crippen LogP contribution in [0.2, 0.25) is 0 Å². The molecule has 0 unspecified atom stereocenters. The normalized spacial score (nSPS) is 23.4. The van der Waals surface area contributed by atoms with Crippen LogP contribution in [0.3, 0.4) is 0 Å². The van der Waals surface area contributed by atoms with Gasteiger partial charge in [0.1, 0.15) is 18.5 Å². The molecule has 2 aromatic rings. The molecule has 0 aromatic heterocycles. The van der Waals surface area contributed by atoms with Crippen LogP contribution < -0.4 is 10.1 Å². The highest BCUT2D eigenvalue weighted by Gasteiger charge is 2.39. The van der Waals surface area contributed by atoms with Crippen molar-refractivity contribution in [3.8, 4) is 5.75 Å². The molecule has 0 radical (unpaired) electrons. The summed E-state index contributed by atoms with van der Waals surface area (Å²) < 4.78 is 12.4. The van der Waals surface area contributed by atoms with Crippen molar-refractivity contribution in [2.75, 3.05) is 25.5 Å². The highest BCUT2D eigenvalue weighted by molar-refractivity contribution is 5.99. The number of carbonyl (C=O) groups excluding carboxylic acids is 3. The number of carbonyl (C=O) groups is 3. The van der Waals surface area contributed by atoms with Crippen molar-refractivity contribution in [1.29, 1.82) is 0 Å². The lowest BCUT2D eigenvalue weighted by molar-refractivity contribution is -0.143. The maximum absolute atomic E-state index is 13.3. The second-order valence-corrected chi connectivity index (χ2v) is 9.82. The molecule has 8 heteroatoms. The van der Waals surface area contributed by atoms with E-state index in [1.807, 2.05) is 17.0 Å². The summed E-state index contributed by atoms with van der Waals surface area (Å²) in [6.45, 7) is 3.44. The van der Waals surface area contributed by atoms with Crippen molar-refractivity contribution in [3.63, 3.8) is 0 Å². The molecule has 5 rings (SSSR count). The van der Waals surface area contributed by atoms with Crippen molar-refractivity contribution in [2.45, 2.75) is 63.8 Å². The van der Waals surface area contributed by atoms with E-state index in [1.54, 1.807) is 37.1 Å². The average molecular weight is 492 g/mol. The molecule has 3 heterocycles. The van der Waals surface area contributed by atoms with Crippen LogP contribution in [0.25, 0.3) is 0 Å². The van der Waals surface area contributed by atoms with E-state index in [2.05, 4.69) is 17.4 Å². The van der Waals surface area contributed by atoms with Crippen LogP contribution in [0.5, 0.6) is 5.75 Å². The molecule has 8 nitrogen and oxygen atoms in total. The number of ether oxygens (including phenoxy) is 2. The van der Waals surface area contributed by atoms with E-state index in [4.69, 9.17) is 9.47 Å². The lowest BCUT2D eigenvalue weighted by atomic mass is 9.94. The number of likely N-dealkylation sites (N-methyl/N-ethyl adjacent to an activating group) is 1. The maximum Gasteiger partial charge on any atom is 0.257 e. The van der Waals surface area contributed by atoms with E-state index in [9.17, 15) is 14.4 Å². The lowest BCUT2D eigenvalue weighted by Gasteiger charge is -2.42. The largest absolute Gasteiger partial charge is 0.490 e. The van der Waals surface area contributed by atoms with Gasteiger partial charge in [-0.3, -0.25) is 14.4 Å². The van der Waals surface area contributed by atoms with Crippen molar-refractivity contribution < 1.29 is 23.9 Å². The fourth-order valence-corrected chi connectivity index (χ4v) is 5.39. The Morgan fingerprint density at radius 1 is 1.11 bits per heavy atom. The Bertz CT molecular complexity index is 1170. The summed E-state index contributed by atoms with van der Waals surface area (Å²) in [6, 6.07) is 13.3. The van der Waals surface area contributed by atoms with Crippen molar-refractivity contribution in [1.82, 2.24) is 9.80 Å². The third kappa shape index (κ3) is 4.95. The molecule has 3 aliphatic heterocycles. The second kappa shape index (κ2) is 10.3. The SMILES string of the molecule is CCC(=O)Nc1ccc2c(c1)C(=O)N(C)[C@H]1CC[C@H](CC(=O)N3CCc4ccccc4C3)O[C@@H]1CO2. The third-order valence-electron chi connectivity index (χ3n) is 7.50. The number of amides is 3. The Hall–Kier alpha value is -3.39. The summed E-state index contributed by atoms with van der Waals surface area (Å²) in [5.41, 5.74) is 3.53. The molecule has 0 saturated carbocycles. The summed E-state index contributed by atoms with van der Waals surface area (Å²) in [5, 5.41) is 2.80. The Kier molecular flexibility index (Phi) is 6.96. The molecule has 3 aliphatic rings. The summed E-state index contributed by atoms with van der Waals surface area (Å²) in [7, 11) is 1.78. The summed E-state index contributed by atoms with van der Waals surface area (Å²) in [6.07, 6.45) is 2.49. The van der Waals surface area contributed by atoms with Crippen molar-refractivity contribution in [3.05, 3.63) is 59.2 Å². The first-order chi connectivity index (χ1) is 17.4. The van der Waals surface area contributed by atoms with Gasteiger partial charge in [-0.1, -0.05) is 31.2 Å². The first kappa shape index (κ1) is 24.3. The lowest BCUT2D eigenvalue weighted by Crippen LogP contribution is -2.54. The predicted octanol–water partition coefficient (Wildman–Crippen LogP) is 3.39. The van der Waals surface area contributed by atoms with Crippen LogP contribution >= 0.6 is 0 Å². The van der Waals surface area contributed by atoms with Gasteiger partial charge in [-0.2, -0.15) is 0 Å². The van der Waals surface area contributed by atoms with E-state index in [0.717, 1.165) is 19.4 Å². The number of hydrogen-bond acceptors (Lipinski definition) is 5. The fraction of sp³-hybridized carbons (Fsp3) is 0.464. The highest BCUT2D eigenvalue weighted by Crippen LogP contribution is 2.33. The number of hydrogen-bond donors (Lipinski definition) is 1. The molecule has 0 spiro atoms. The van der Waals surface area contributed by atoms with Crippen molar-refractivity contribution >= 4 is 23.4 Å². The predicted molar refractivity (Wildman–Crippen MR) is 135 cm³/mol. The van der Waals surface area contributed by atoms with Crippen LogP contribution in [-0.4, -0.2) is 66.0 Å². The van der Waals surface area contributed by atoms with Gasteiger partial charge in [0.15, 0.2) is 0 Å². The number of nitrogens with one attached hydrogen (secondary N) is 1. The fourth-order valence-electron chi connectivity index (χ4n) is 5.39. The summed E-state index contributed by atoms with van der Waals surface area (Å²) in [4.78, 5) is 41.9. The molecule has 1 N–H and O–H groups in total. The number of fused-ring (bicyclic) bond motifs is 3. The molecule has 1 saturated heterocycles. The van der Waals surface area contributed by atoms with Crippen LogP contribution in [-0.2, 0) is 27.3 Å². The number of nitrogens with zero attached hydrogens (tertiary/aromatic N) is 2. The standard InChI is InChI=1S/C28H33N3O5/c1-3-26(32)29-20-8-11-24-22(14-20)28(34)30(2)23-10-9-21(36-25(23)17-35-24)15-27(33)31-13-12-18-6-4-5-7-19(18)16-31/h4-8,11,14,21,23,25H,3,9-10,12-13,15-17H2,1-2H3,(H,29,32)/t21-,23+,25-/m1/s1. The molecule has 0 aliphatic carbocycles. The topological polar surface area (TPSA) is 88.2 Å². The smallest absolute Gasteiger partial charge is 0.257 e. The number of benzene rings is 2. The zero-order chi connectivity index (χ0) is 25.2. The first-order valence-electron chi connectivity index (χ1n) is 12.8. The van der Waals surface area contributed by atoms with Crippen LogP contribution in [0.1, 0.15) is 54.1 Å². The number of anilines is 1. The van der Waals surface area contributed by atoms with E-state index >= 15 is 0 Å². The third-order valence-corrected chi connectivity index (χ3v) is 7.50. The molecular formula is C28H33N3O5. The van der Waals surface area contributed by atoms with Gasteiger partial charge in [-0.15, -0.1) is 0 Å². The quantitative estimate of drug-likeness (QED) is 0.708. The Morgan fingerprint density at radius 2 is 1.92 bits per heavy atom. The Morgan fingerprint density at radius 3 is 2.72 bits per heavy atom. The van der Waals surface area contributed by atoms with Gasteiger partial charge in [-0.25, -0.2) is 0 Å². The molecule has 1 fully saturated rings. The van der Waals surface area contributed by atoms with Gasteiger partial charge >= 0.3 is 0 Å². The maximum atomic E-state index is 13.3. The minimum absolute atomic E-state index is 0.108. The van der Waals surface area contributed by atoms with E-state index in [-0.39, 0.29) is 42.6 Å². The van der Waals surface area contributed by atoms with Crippen LogP contribution in [0, 0.1) is 0 Å². The summed E-state index contributed by atoms with van der Waals surface area (Å²) >= 11 is 0. The van der Waals surface area contributed by atoms with Gasteiger partial charge in [0.05, 0.1) is 24.1 Å². The van der Waals surface area contributed by atoms with E-state index < -0.39 is 0 Å². The van der Waals surface area contributed by atoms with Gasteiger partial charge in [0, 0.05) is 32.2 Å².